The van der Waals surface area contributed by atoms with E-state index in [9.17, 15) is 4.79 Å². The fourth-order valence-electron chi connectivity index (χ4n) is 3.06. The number of halogens is 3. The first-order valence-electron chi connectivity index (χ1n) is 8.51. The van der Waals surface area contributed by atoms with Crippen molar-refractivity contribution in [2.24, 2.45) is 0 Å². The lowest BCUT2D eigenvalue weighted by atomic mass is 10.1. The molecule has 7 heteroatoms. The molecule has 1 fully saturated rings. The highest BCUT2D eigenvalue weighted by Gasteiger charge is 2.21. The predicted molar refractivity (Wildman–Crippen MR) is 110 cm³/mol. The van der Waals surface area contributed by atoms with Crippen molar-refractivity contribution in [3.8, 4) is 0 Å². The smallest absolute Gasteiger partial charge is 0.255 e. The molecule has 1 aliphatic heterocycles. The Kier molecular flexibility index (Phi) is 6.30. The van der Waals surface area contributed by atoms with E-state index in [-0.39, 0.29) is 5.91 Å². The standard InChI is InChI=1S/C19H20Cl3N3O/c1-2-24-8-10-25(11-9-24)18-15(21)4-3-5-17(18)23-19(26)13-6-7-14(20)16(22)12-13/h3-7,12H,2,8-11H2,1H3,(H,23,26). The van der Waals surface area contributed by atoms with E-state index in [1.807, 2.05) is 18.2 Å². The normalized spacial score (nSPS) is 15.2. The summed E-state index contributed by atoms with van der Waals surface area (Å²) < 4.78 is 0. The maximum atomic E-state index is 12.6. The zero-order valence-electron chi connectivity index (χ0n) is 14.4. The molecule has 1 amide bonds. The van der Waals surface area contributed by atoms with Gasteiger partial charge in [-0.05, 0) is 36.9 Å². The maximum absolute atomic E-state index is 12.6. The van der Waals surface area contributed by atoms with Crippen molar-refractivity contribution in [3.63, 3.8) is 0 Å². The van der Waals surface area contributed by atoms with Gasteiger partial charge in [0.05, 0.1) is 26.4 Å². The van der Waals surface area contributed by atoms with Crippen molar-refractivity contribution >= 4 is 52.1 Å². The maximum Gasteiger partial charge on any atom is 0.255 e. The van der Waals surface area contributed by atoms with Crippen molar-refractivity contribution in [1.29, 1.82) is 0 Å². The Morgan fingerprint density at radius 3 is 2.38 bits per heavy atom. The average Bonchev–Trinajstić information content (AvgIpc) is 2.64. The Labute approximate surface area is 168 Å². The third kappa shape index (κ3) is 4.26. The summed E-state index contributed by atoms with van der Waals surface area (Å²) in [5, 5.41) is 4.35. The van der Waals surface area contributed by atoms with Crippen molar-refractivity contribution in [2.75, 3.05) is 42.9 Å². The van der Waals surface area contributed by atoms with Crippen LogP contribution in [0.15, 0.2) is 36.4 Å². The van der Waals surface area contributed by atoms with Crippen LogP contribution in [0.4, 0.5) is 11.4 Å². The van der Waals surface area contributed by atoms with Crippen LogP contribution in [0.5, 0.6) is 0 Å². The van der Waals surface area contributed by atoms with Gasteiger partial charge in [0.1, 0.15) is 0 Å². The first kappa shape index (κ1) is 19.3. The minimum absolute atomic E-state index is 0.251. The molecular weight excluding hydrogens is 393 g/mol. The summed E-state index contributed by atoms with van der Waals surface area (Å²) in [6.45, 7) is 6.88. The number of para-hydroxylation sites is 1. The molecule has 0 spiro atoms. The van der Waals surface area contributed by atoms with E-state index < -0.39 is 0 Å². The first-order chi connectivity index (χ1) is 12.5. The number of nitrogens with one attached hydrogen (secondary N) is 1. The highest BCUT2D eigenvalue weighted by atomic mass is 35.5. The monoisotopic (exact) mass is 411 g/mol. The second-order valence-electron chi connectivity index (χ2n) is 6.14. The summed E-state index contributed by atoms with van der Waals surface area (Å²) in [5.74, 6) is -0.251. The van der Waals surface area contributed by atoms with Gasteiger partial charge in [-0.25, -0.2) is 0 Å². The van der Waals surface area contributed by atoms with Gasteiger partial charge in [-0.15, -0.1) is 0 Å². The summed E-state index contributed by atoms with van der Waals surface area (Å²) in [5.41, 5.74) is 2.00. The van der Waals surface area contributed by atoms with E-state index in [2.05, 4.69) is 22.0 Å². The van der Waals surface area contributed by atoms with E-state index in [0.717, 1.165) is 38.4 Å². The lowest BCUT2D eigenvalue weighted by Gasteiger charge is -2.36. The number of rotatable bonds is 4. The molecule has 26 heavy (non-hydrogen) atoms. The number of amides is 1. The van der Waals surface area contributed by atoms with Crippen molar-refractivity contribution < 1.29 is 4.79 Å². The average molecular weight is 413 g/mol. The minimum atomic E-state index is -0.251. The van der Waals surface area contributed by atoms with Gasteiger partial charge in [0.25, 0.3) is 5.91 Å². The Morgan fingerprint density at radius 2 is 1.73 bits per heavy atom. The van der Waals surface area contributed by atoms with Gasteiger partial charge in [-0.1, -0.05) is 47.8 Å². The Balaban J connectivity index is 1.83. The molecule has 2 aromatic rings. The van der Waals surface area contributed by atoms with Crippen LogP contribution in [0, 0.1) is 0 Å². The van der Waals surface area contributed by atoms with Crippen molar-refractivity contribution in [2.45, 2.75) is 6.92 Å². The Hall–Kier alpha value is -1.46. The molecule has 0 saturated carbocycles. The van der Waals surface area contributed by atoms with Crippen molar-refractivity contribution in [1.82, 2.24) is 4.90 Å². The van der Waals surface area contributed by atoms with Gasteiger partial charge < -0.3 is 15.1 Å². The van der Waals surface area contributed by atoms with Gasteiger partial charge in [0, 0.05) is 31.7 Å². The highest BCUT2D eigenvalue weighted by Crippen LogP contribution is 2.35. The van der Waals surface area contributed by atoms with E-state index in [4.69, 9.17) is 34.8 Å². The van der Waals surface area contributed by atoms with Crippen LogP contribution in [0.1, 0.15) is 17.3 Å². The predicted octanol–water partition coefficient (Wildman–Crippen LogP) is 5.04. The number of anilines is 2. The molecule has 4 nitrogen and oxygen atoms in total. The molecule has 0 atom stereocenters. The lowest BCUT2D eigenvalue weighted by Crippen LogP contribution is -2.46. The fourth-order valence-corrected chi connectivity index (χ4v) is 3.65. The molecule has 1 aliphatic rings. The molecule has 2 aromatic carbocycles. The second-order valence-corrected chi connectivity index (χ2v) is 7.36. The largest absolute Gasteiger partial charge is 0.366 e. The highest BCUT2D eigenvalue weighted by molar-refractivity contribution is 6.42. The lowest BCUT2D eigenvalue weighted by molar-refractivity contribution is 0.102. The third-order valence-electron chi connectivity index (χ3n) is 4.55. The van der Waals surface area contributed by atoms with Crippen LogP contribution in [0.3, 0.4) is 0 Å². The first-order valence-corrected chi connectivity index (χ1v) is 9.65. The summed E-state index contributed by atoms with van der Waals surface area (Å²) in [7, 11) is 0. The molecule has 0 aliphatic carbocycles. The zero-order chi connectivity index (χ0) is 18.7. The molecule has 1 heterocycles. The Morgan fingerprint density at radius 1 is 1.00 bits per heavy atom. The number of hydrogen-bond donors (Lipinski definition) is 1. The number of carbonyl (C=O) groups excluding carboxylic acids is 1. The Bertz CT molecular complexity index is 805. The van der Waals surface area contributed by atoms with Crippen LogP contribution in [0.2, 0.25) is 15.1 Å². The number of carbonyl (C=O) groups is 1. The molecule has 0 radical (unpaired) electrons. The fraction of sp³-hybridized carbons (Fsp3) is 0.316. The van der Waals surface area contributed by atoms with Crippen LogP contribution in [-0.4, -0.2) is 43.5 Å². The van der Waals surface area contributed by atoms with E-state index in [0.29, 0.717) is 26.3 Å². The number of piperazine rings is 1. The number of benzene rings is 2. The van der Waals surface area contributed by atoms with E-state index >= 15 is 0 Å². The van der Waals surface area contributed by atoms with Gasteiger partial charge in [0.15, 0.2) is 0 Å². The molecule has 1 saturated heterocycles. The van der Waals surface area contributed by atoms with Crippen LogP contribution < -0.4 is 10.2 Å². The third-order valence-corrected chi connectivity index (χ3v) is 5.60. The quantitative estimate of drug-likeness (QED) is 0.764. The summed E-state index contributed by atoms with van der Waals surface area (Å²) in [6.07, 6.45) is 0. The molecule has 3 rings (SSSR count). The SMILES string of the molecule is CCN1CCN(c2c(Cl)cccc2NC(=O)c2ccc(Cl)c(Cl)c2)CC1. The van der Waals surface area contributed by atoms with Gasteiger partial charge in [0.2, 0.25) is 0 Å². The zero-order valence-corrected chi connectivity index (χ0v) is 16.7. The van der Waals surface area contributed by atoms with E-state index in [1.54, 1.807) is 18.2 Å². The van der Waals surface area contributed by atoms with Crippen LogP contribution >= 0.6 is 34.8 Å². The van der Waals surface area contributed by atoms with Crippen LogP contribution in [-0.2, 0) is 0 Å². The van der Waals surface area contributed by atoms with Crippen LogP contribution in [0.25, 0.3) is 0 Å². The second kappa shape index (κ2) is 8.49. The molecule has 1 N–H and O–H groups in total. The molecule has 138 valence electrons. The van der Waals surface area contributed by atoms with Gasteiger partial charge in [-0.3, -0.25) is 4.79 Å². The number of nitrogens with zero attached hydrogens (tertiary/aromatic N) is 2. The molecule has 0 unspecified atom stereocenters. The minimum Gasteiger partial charge on any atom is -0.366 e. The van der Waals surface area contributed by atoms with Crippen molar-refractivity contribution in [3.05, 3.63) is 57.0 Å². The van der Waals surface area contributed by atoms with Gasteiger partial charge in [-0.2, -0.15) is 0 Å². The topological polar surface area (TPSA) is 35.6 Å². The van der Waals surface area contributed by atoms with Gasteiger partial charge >= 0.3 is 0 Å². The molecule has 0 aromatic heterocycles. The van der Waals surface area contributed by atoms with E-state index in [1.165, 1.54) is 0 Å². The molecule has 0 bridgehead atoms. The number of hydrogen-bond acceptors (Lipinski definition) is 3. The summed E-state index contributed by atoms with van der Waals surface area (Å²) in [4.78, 5) is 17.3. The summed E-state index contributed by atoms with van der Waals surface area (Å²) in [6, 6.07) is 10.4. The molecular formula is C19H20Cl3N3O. The number of likely N-dealkylation sites (N-methyl/N-ethyl adjacent to an activating group) is 1. The summed E-state index contributed by atoms with van der Waals surface area (Å²) >= 11 is 18.4.